The Labute approximate surface area is 197 Å². The number of aliphatic hydroxyl groups excluding tert-OH is 1. The fourth-order valence-corrected chi connectivity index (χ4v) is 4.10. The molecule has 2 heterocycles. The highest BCUT2D eigenvalue weighted by Crippen LogP contribution is 2.40. The van der Waals surface area contributed by atoms with Crippen LogP contribution in [0.5, 0.6) is 11.5 Å². The average Bonchev–Trinajstić information content (AvgIpc) is 3.45. The Bertz CT molecular complexity index is 1200. The minimum atomic E-state index is -0.824. The smallest absolute Gasteiger partial charge is 0.295 e. The third-order valence-electron chi connectivity index (χ3n) is 5.68. The molecular formula is C26H27N3O5. The van der Waals surface area contributed by atoms with Crippen molar-refractivity contribution in [3.8, 4) is 11.5 Å². The van der Waals surface area contributed by atoms with E-state index < -0.39 is 17.7 Å². The third kappa shape index (κ3) is 4.80. The van der Waals surface area contributed by atoms with Gasteiger partial charge in [-0.25, -0.2) is 4.98 Å². The molecule has 1 fully saturated rings. The number of aromatic nitrogens is 2. The summed E-state index contributed by atoms with van der Waals surface area (Å²) in [5.41, 5.74) is 0.919. The van der Waals surface area contributed by atoms with E-state index in [0.29, 0.717) is 43.0 Å². The fraction of sp³-hybridized carbons (Fsp3) is 0.269. The van der Waals surface area contributed by atoms with Crippen molar-refractivity contribution < 1.29 is 24.5 Å². The summed E-state index contributed by atoms with van der Waals surface area (Å²) >= 11 is 0. The maximum atomic E-state index is 13.1. The number of ether oxygens (including phenoxy) is 1. The zero-order chi connectivity index (χ0) is 24.1. The first kappa shape index (κ1) is 23.1. The molecule has 3 aromatic rings. The van der Waals surface area contributed by atoms with Crippen LogP contribution in [0.3, 0.4) is 0 Å². The number of aromatic hydroxyl groups is 1. The number of imidazole rings is 1. The molecule has 1 aromatic heterocycles. The SMILES string of the molecule is CCCOc1cccc(C(O)=C2C(=O)C(=O)N(CCCn3ccnc3)C2c2cccc(O)c2)c1. The number of amides is 1. The van der Waals surface area contributed by atoms with Crippen LogP contribution >= 0.6 is 0 Å². The maximum absolute atomic E-state index is 13.1. The van der Waals surface area contributed by atoms with Crippen molar-refractivity contribution in [1.29, 1.82) is 0 Å². The lowest BCUT2D eigenvalue weighted by Gasteiger charge is -2.25. The molecule has 0 aliphatic carbocycles. The lowest BCUT2D eigenvalue weighted by atomic mass is 9.95. The molecule has 0 radical (unpaired) electrons. The number of likely N-dealkylation sites (tertiary alicyclic amines) is 1. The van der Waals surface area contributed by atoms with Crippen LogP contribution in [-0.4, -0.2) is 49.5 Å². The highest BCUT2D eigenvalue weighted by atomic mass is 16.5. The molecule has 1 amide bonds. The lowest BCUT2D eigenvalue weighted by Crippen LogP contribution is -2.31. The van der Waals surface area contributed by atoms with Gasteiger partial charge in [-0.15, -0.1) is 0 Å². The number of hydrogen-bond donors (Lipinski definition) is 2. The van der Waals surface area contributed by atoms with E-state index in [2.05, 4.69) is 4.98 Å². The second-order valence-corrected chi connectivity index (χ2v) is 8.12. The van der Waals surface area contributed by atoms with Gasteiger partial charge in [-0.2, -0.15) is 0 Å². The Balaban J connectivity index is 1.72. The maximum Gasteiger partial charge on any atom is 0.295 e. The summed E-state index contributed by atoms with van der Waals surface area (Å²) in [6, 6.07) is 12.4. The Hall–Kier alpha value is -4.07. The normalized spacial score (nSPS) is 17.3. The van der Waals surface area contributed by atoms with Gasteiger partial charge in [-0.1, -0.05) is 31.2 Å². The number of carbonyl (C=O) groups is 2. The number of aliphatic hydroxyl groups is 1. The molecule has 8 heteroatoms. The molecule has 0 saturated carbocycles. The number of Topliss-reactive ketones (excluding diaryl/α,β-unsaturated/α-hetero) is 1. The predicted molar refractivity (Wildman–Crippen MR) is 126 cm³/mol. The van der Waals surface area contributed by atoms with Crippen LogP contribution in [0.2, 0.25) is 0 Å². The Kier molecular flexibility index (Phi) is 6.96. The summed E-state index contributed by atoms with van der Waals surface area (Å²) in [6.07, 6.45) is 6.61. The number of phenolic OH excluding ortho intramolecular Hbond substituents is 1. The number of aryl methyl sites for hydroxylation is 1. The topological polar surface area (TPSA) is 105 Å². The van der Waals surface area contributed by atoms with Crippen LogP contribution in [0.15, 0.2) is 72.8 Å². The van der Waals surface area contributed by atoms with Gasteiger partial charge in [0, 0.05) is 31.0 Å². The minimum Gasteiger partial charge on any atom is -0.508 e. The fourth-order valence-electron chi connectivity index (χ4n) is 4.10. The van der Waals surface area contributed by atoms with Gasteiger partial charge in [0.2, 0.25) is 0 Å². The first-order valence-corrected chi connectivity index (χ1v) is 11.3. The number of hydrogen-bond acceptors (Lipinski definition) is 6. The van der Waals surface area contributed by atoms with Crippen LogP contribution in [0, 0.1) is 0 Å². The van der Waals surface area contributed by atoms with E-state index in [4.69, 9.17) is 4.74 Å². The lowest BCUT2D eigenvalue weighted by molar-refractivity contribution is -0.139. The molecule has 1 unspecified atom stereocenters. The van der Waals surface area contributed by atoms with Gasteiger partial charge in [0.25, 0.3) is 11.7 Å². The van der Waals surface area contributed by atoms with Crippen molar-refractivity contribution in [3.63, 3.8) is 0 Å². The molecule has 4 rings (SSSR count). The predicted octanol–water partition coefficient (Wildman–Crippen LogP) is 3.89. The van der Waals surface area contributed by atoms with Crippen molar-refractivity contribution in [3.05, 3.63) is 84.0 Å². The molecule has 1 atom stereocenters. The Morgan fingerprint density at radius 1 is 1.12 bits per heavy atom. The molecule has 1 aliphatic rings. The van der Waals surface area contributed by atoms with Crippen molar-refractivity contribution in [2.45, 2.75) is 32.4 Å². The highest BCUT2D eigenvalue weighted by Gasteiger charge is 2.45. The monoisotopic (exact) mass is 461 g/mol. The second-order valence-electron chi connectivity index (χ2n) is 8.12. The molecule has 1 saturated heterocycles. The second kappa shape index (κ2) is 10.2. The van der Waals surface area contributed by atoms with E-state index in [1.165, 1.54) is 17.0 Å². The van der Waals surface area contributed by atoms with Gasteiger partial charge < -0.3 is 24.4 Å². The van der Waals surface area contributed by atoms with Crippen molar-refractivity contribution in [2.75, 3.05) is 13.2 Å². The summed E-state index contributed by atoms with van der Waals surface area (Å²) in [4.78, 5) is 31.6. The number of phenols is 1. The van der Waals surface area contributed by atoms with Crippen LogP contribution in [0.1, 0.15) is 36.9 Å². The number of rotatable bonds is 9. The number of carbonyl (C=O) groups excluding carboxylic acids is 2. The third-order valence-corrected chi connectivity index (χ3v) is 5.68. The molecule has 2 N–H and O–H groups in total. The van der Waals surface area contributed by atoms with Gasteiger partial charge in [0.1, 0.15) is 17.3 Å². The van der Waals surface area contributed by atoms with E-state index in [-0.39, 0.29) is 17.1 Å². The van der Waals surface area contributed by atoms with E-state index in [1.807, 2.05) is 17.7 Å². The zero-order valence-electron chi connectivity index (χ0n) is 18.9. The quantitative estimate of drug-likeness (QED) is 0.285. The molecular weight excluding hydrogens is 434 g/mol. The standard InChI is InChI=1S/C26H27N3O5/c1-2-14-34-21-9-4-7-19(16-21)24(31)22-23(18-6-3-8-20(30)15-18)29(26(33)25(22)32)12-5-11-28-13-10-27-17-28/h3-4,6-10,13,15-17,23,30-31H,2,5,11-12,14H2,1H3. The van der Waals surface area contributed by atoms with Gasteiger partial charge in [0.15, 0.2) is 0 Å². The summed E-state index contributed by atoms with van der Waals surface area (Å²) in [5.74, 6) is -1.14. The van der Waals surface area contributed by atoms with Crippen LogP contribution in [-0.2, 0) is 16.1 Å². The summed E-state index contributed by atoms with van der Waals surface area (Å²) < 4.78 is 7.55. The molecule has 0 spiro atoms. The minimum absolute atomic E-state index is 0.00845. The van der Waals surface area contributed by atoms with Gasteiger partial charge in [0.05, 0.1) is 24.5 Å². The molecule has 0 bridgehead atoms. The summed E-state index contributed by atoms with van der Waals surface area (Å²) in [6.45, 7) is 3.42. The molecule has 1 aliphatic heterocycles. The Morgan fingerprint density at radius 2 is 1.94 bits per heavy atom. The van der Waals surface area contributed by atoms with Crippen molar-refractivity contribution in [2.24, 2.45) is 0 Å². The zero-order valence-corrected chi connectivity index (χ0v) is 18.9. The van der Waals surface area contributed by atoms with Crippen LogP contribution < -0.4 is 4.74 Å². The molecule has 34 heavy (non-hydrogen) atoms. The van der Waals surface area contributed by atoms with E-state index in [1.54, 1.807) is 48.9 Å². The molecule has 176 valence electrons. The highest BCUT2D eigenvalue weighted by molar-refractivity contribution is 6.46. The van der Waals surface area contributed by atoms with E-state index in [9.17, 15) is 19.8 Å². The molecule has 8 nitrogen and oxygen atoms in total. The molecule has 2 aromatic carbocycles. The number of nitrogens with zero attached hydrogens (tertiary/aromatic N) is 3. The number of benzene rings is 2. The first-order valence-electron chi connectivity index (χ1n) is 11.3. The van der Waals surface area contributed by atoms with Crippen LogP contribution in [0.4, 0.5) is 0 Å². The van der Waals surface area contributed by atoms with E-state index in [0.717, 1.165) is 6.42 Å². The van der Waals surface area contributed by atoms with Gasteiger partial charge in [-0.05, 0) is 42.7 Å². The first-order chi connectivity index (χ1) is 16.5. The summed E-state index contributed by atoms with van der Waals surface area (Å²) in [7, 11) is 0. The van der Waals surface area contributed by atoms with Crippen LogP contribution in [0.25, 0.3) is 5.76 Å². The van der Waals surface area contributed by atoms with Crippen molar-refractivity contribution in [1.82, 2.24) is 14.5 Å². The van der Waals surface area contributed by atoms with Gasteiger partial charge >= 0.3 is 0 Å². The summed E-state index contributed by atoms with van der Waals surface area (Å²) in [5, 5.41) is 21.3. The average molecular weight is 462 g/mol. The van der Waals surface area contributed by atoms with Gasteiger partial charge in [-0.3, -0.25) is 9.59 Å². The Morgan fingerprint density at radius 3 is 2.68 bits per heavy atom. The van der Waals surface area contributed by atoms with E-state index >= 15 is 0 Å². The largest absolute Gasteiger partial charge is 0.508 e. The van der Waals surface area contributed by atoms with Crippen molar-refractivity contribution >= 4 is 17.4 Å². The number of ketones is 1.